The summed E-state index contributed by atoms with van der Waals surface area (Å²) in [4.78, 5) is 0.133. The number of sulfone groups is 1. The molecule has 4 rings (SSSR count). The molecule has 2 aromatic carbocycles. The van der Waals surface area contributed by atoms with Gasteiger partial charge in [0.2, 0.25) is 6.79 Å². The normalized spacial score (nSPS) is 27.3. The van der Waals surface area contributed by atoms with Gasteiger partial charge in [0.25, 0.3) is 0 Å². The Balaban J connectivity index is 1.73. The molecule has 8 heteroatoms. The molecule has 0 aromatic heterocycles. The van der Waals surface area contributed by atoms with Gasteiger partial charge in [-0.25, -0.2) is 8.42 Å². The highest BCUT2D eigenvalue weighted by molar-refractivity contribution is 7.92. The third kappa shape index (κ3) is 2.50. The molecule has 0 amide bonds. The third-order valence-corrected chi connectivity index (χ3v) is 7.37. The molecule has 132 valence electrons. The summed E-state index contributed by atoms with van der Waals surface area (Å²) in [6.07, 6.45) is 0. The molecule has 1 saturated carbocycles. The van der Waals surface area contributed by atoms with Crippen molar-refractivity contribution in [2.24, 2.45) is 5.73 Å². The summed E-state index contributed by atoms with van der Waals surface area (Å²) in [6.45, 7) is -0.312. The summed E-state index contributed by atoms with van der Waals surface area (Å²) < 4.78 is 36.6. The zero-order valence-electron chi connectivity index (χ0n) is 13.1. The summed E-state index contributed by atoms with van der Waals surface area (Å²) in [5, 5.41) is 9.27. The van der Waals surface area contributed by atoms with Crippen molar-refractivity contribution in [3.8, 4) is 11.5 Å². The predicted octanol–water partition coefficient (Wildman–Crippen LogP) is 1.70. The van der Waals surface area contributed by atoms with Crippen LogP contribution in [0.4, 0.5) is 0 Å². The van der Waals surface area contributed by atoms with Gasteiger partial charge in [0, 0.05) is 10.9 Å². The fraction of sp³-hybridized carbons (Fsp3) is 0.294. The van der Waals surface area contributed by atoms with Crippen molar-refractivity contribution in [2.45, 2.75) is 21.6 Å². The summed E-state index contributed by atoms with van der Waals surface area (Å²) in [5.74, 6) is 0.619. The maximum atomic E-state index is 13.0. The van der Waals surface area contributed by atoms with Gasteiger partial charge in [0.1, 0.15) is 0 Å². The first-order chi connectivity index (χ1) is 11.9. The summed E-state index contributed by atoms with van der Waals surface area (Å²) in [5.41, 5.74) is 5.69. The lowest BCUT2D eigenvalue weighted by molar-refractivity contribution is 0.174. The lowest BCUT2D eigenvalue weighted by Gasteiger charge is -2.08. The van der Waals surface area contributed by atoms with E-state index in [2.05, 4.69) is 0 Å². The Labute approximate surface area is 150 Å². The Bertz CT molecular complexity index is 931. The maximum absolute atomic E-state index is 13.0. The van der Waals surface area contributed by atoms with Crippen molar-refractivity contribution in [3.63, 3.8) is 0 Å². The van der Waals surface area contributed by atoms with Crippen LogP contribution in [0, 0.1) is 0 Å². The van der Waals surface area contributed by atoms with Crippen LogP contribution in [0.5, 0.6) is 11.5 Å². The highest BCUT2D eigenvalue weighted by Crippen LogP contribution is 2.56. The zero-order chi connectivity index (χ0) is 17.8. The van der Waals surface area contributed by atoms with Crippen LogP contribution in [0.2, 0.25) is 5.02 Å². The lowest BCUT2D eigenvalue weighted by Crippen LogP contribution is -2.35. The number of benzene rings is 2. The number of nitrogens with two attached hydrogens (primary N) is 1. The number of aliphatic hydroxyl groups is 1. The molecule has 1 fully saturated rings. The van der Waals surface area contributed by atoms with E-state index < -0.39 is 33.2 Å². The van der Waals surface area contributed by atoms with Crippen LogP contribution in [0.25, 0.3) is 0 Å². The van der Waals surface area contributed by atoms with E-state index in [1.54, 1.807) is 18.2 Å². The molecule has 1 aliphatic heterocycles. The van der Waals surface area contributed by atoms with Gasteiger partial charge in [-0.05, 0) is 42.0 Å². The van der Waals surface area contributed by atoms with Gasteiger partial charge >= 0.3 is 0 Å². The van der Waals surface area contributed by atoms with Gasteiger partial charge in [-0.15, -0.1) is 0 Å². The molecule has 25 heavy (non-hydrogen) atoms. The monoisotopic (exact) mass is 381 g/mol. The van der Waals surface area contributed by atoms with E-state index in [4.69, 9.17) is 26.8 Å². The Hall–Kier alpha value is -1.80. The molecule has 0 unspecified atom stereocenters. The third-order valence-electron chi connectivity index (χ3n) is 4.81. The largest absolute Gasteiger partial charge is 0.454 e. The second-order valence-corrected chi connectivity index (χ2v) is 8.79. The summed E-state index contributed by atoms with van der Waals surface area (Å²) in [7, 11) is -3.73. The first-order valence-electron chi connectivity index (χ1n) is 7.66. The Morgan fingerprint density at radius 2 is 1.84 bits per heavy atom. The van der Waals surface area contributed by atoms with E-state index in [0.29, 0.717) is 22.1 Å². The van der Waals surface area contributed by atoms with Crippen LogP contribution in [0.1, 0.15) is 11.5 Å². The van der Waals surface area contributed by atoms with Gasteiger partial charge < -0.3 is 20.3 Å². The quantitative estimate of drug-likeness (QED) is 0.836. The van der Waals surface area contributed by atoms with Gasteiger partial charge in [0.05, 0.1) is 22.3 Å². The van der Waals surface area contributed by atoms with Crippen LogP contribution in [0.3, 0.4) is 0 Å². The zero-order valence-corrected chi connectivity index (χ0v) is 14.6. The highest BCUT2D eigenvalue weighted by Gasteiger charge is 2.69. The van der Waals surface area contributed by atoms with Gasteiger partial charge in [-0.1, -0.05) is 17.7 Å². The lowest BCUT2D eigenvalue weighted by atomic mass is 10.1. The smallest absolute Gasteiger partial charge is 0.231 e. The van der Waals surface area contributed by atoms with Gasteiger partial charge in [0.15, 0.2) is 21.3 Å². The van der Waals surface area contributed by atoms with Crippen LogP contribution in [-0.2, 0) is 9.84 Å². The second-order valence-electron chi connectivity index (χ2n) is 6.28. The van der Waals surface area contributed by atoms with E-state index in [1.807, 2.05) is 0 Å². The molecule has 6 nitrogen and oxygen atoms in total. The Morgan fingerprint density at radius 1 is 1.16 bits per heavy atom. The Kier molecular flexibility index (Phi) is 3.73. The molecular weight excluding hydrogens is 366 g/mol. The van der Waals surface area contributed by atoms with E-state index >= 15 is 0 Å². The van der Waals surface area contributed by atoms with Crippen LogP contribution in [-0.4, -0.2) is 37.7 Å². The molecular formula is C17H16ClNO5S. The minimum atomic E-state index is -3.73. The number of ether oxygens (including phenoxy) is 2. The van der Waals surface area contributed by atoms with Crippen molar-refractivity contribution in [1.29, 1.82) is 0 Å². The topological polar surface area (TPSA) is 98.8 Å². The standard InChI is InChI=1S/C17H16ClNO5S/c18-11-2-4-12(5-3-11)25(21,22)16-15(17(16,19)8-20)10-1-6-13-14(7-10)24-9-23-13/h1-7,15-16,20H,8-9,19H2/t15-,16-,17-/m0/s1. The van der Waals surface area contributed by atoms with Crippen molar-refractivity contribution in [3.05, 3.63) is 53.1 Å². The fourth-order valence-electron chi connectivity index (χ4n) is 3.44. The van der Waals surface area contributed by atoms with E-state index in [1.165, 1.54) is 24.3 Å². The van der Waals surface area contributed by atoms with Crippen molar-refractivity contribution in [2.75, 3.05) is 13.4 Å². The highest BCUT2D eigenvalue weighted by atomic mass is 35.5. The van der Waals surface area contributed by atoms with Crippen molar-refractivity contribution < 1.29 is 23.0 Å². The molecule has 0 saturated heterocycles. The number of fused-ring (bicyclic) bond motifs is 1. The first kappa shape index (κ1) is 16.7. The number of aliphatic hydroxyl groups excluding tert-OH is 1. The SMILES string of the molecule is N[C@@]1(CO)[C@@H](c2ccc3c(c2)OCO3)[C@@H]1S(=O)(=O)c1ccc(Cl)cc1. The van der Waals surface area contributed by atoms with E-state index in [9.17, 15) is 13.5 Å². The van der Waals surface area contributed by atoms with Crippen LogP contribution in [0.15, 0.2) is 47.4 Å². The molecule has 1 heterocycles. The van der Waals surface area contributed by atoms with Gasteiger partial charge in [-0.2, -0.15) is 0 Å². The van der Waals surface area contributed by atoms with E-state index in [-0.39, 0.29) is 11.7 Å². The maximum Gasteiger partial charge on any atom is 0.231 e. The van der Waals surface area contributed by atoms with Crippen LogP contribution < -0.4 is 15.2 Å². The molecule has 0 bridgehead atoms. The molecule has 1 aliphatic carbocycles. The van der Waals surface area contributed by atoms with E-state index in [0.717, 1.165) is 0 Å². The molecule has 2 aromatic rings. The average Bonchev–Trinajstić information content (AvgIpc) is 2.99. The fourth-order valence-corrected chi connectivity index (χ4v) is 5.87. The Morgan fingerprint density at radius 3 is 2.52 bits per heavy atom. The first-order valence-corrected chi connectivity index (χ1v) is 9.59. The van der Waals surface area contributed by atoms with Gasteiger partial charge in [-0.3, -0.25) is 0 Å². The summed E-state index contributed by atoms with van der Waals surface area (Å²) >= 11 is 5.83. The number of rotatable bonds is 4. The minimum absolute atomic E-state index is 0.129. The predicted molar refractivity (Wildman–Crippen MR) is 91.7 cm³/mol. The second kappa shape index (κ2) is 5.60. The number of halogens is 1. The molecule has 3 N–H and O–H groups in total. The average molecular weight is 382 g/mol. The van der Waals surface area contributed by atoms with Crippen molar-refractivity contribution >= 4 is 21.4 Å². The molecule has 0 spiro atoms. The minimum Gasteiger partial charge on any atom is -0.454 e. The number of hydrogen-bond donors (Lipinski definition) is 2. The summed E-state index contributed by atoms with van der Waals surface area (Å²) in [6, 6.07) is 11.1. The van der Waals surface area contributed by atoms with Crippen molar-refractivity contribution in [1.82, 2.24) is 0 Å². The van der Waals surface area contributed by atoms with Crippen LogP contribution >= 0.6 is 11.6 Å². The molecule has 3 atom stereocenters. The number of hydrogen-bond acceptors (Lipinski definition) is 6. The molecule has 2 aliphatic rings. The molecule has 0 radical (unpaired) electrons.